The number of likely N-dealkylation sites (tertiary alicyclic amines) is 1. The Morgan fingerprint density at radius 1 is 1.48 bits per heavy atom. The van der Waals surface area contributed by atoms with Gasteiger partial charge >= 0.3 is 0 Å². The Balaban J connectivity index is 1.55. The number of hydrogen-bond donors (Lipinski definition) is 1. The molecular formula is C18H22N2O2S. The summed E-state index contributed by atoms with van der Waals surface area (Å²) in [4.78, 5) is 19.5. The molecule has 0 unspecified atom stereocenters. The van der Waals surface area contributed by atoms with E-state index in [0.717, 1.165) is 18.5 Å². The average molecular weight is 330 g/mol. The molecule has 2 aromatic heterocycles. The van der Waals surface area contributed by atoms with Gasteiger partial charge in [-0.15, -0.1) is 11.3 Å². The van der Waals surface area contributed by atoms with Gasteiger partial charge in [-0.2, -0.15) is 0 Å². The van der Waals surface area contributed by atoms with Gasteiger partial charge in [0.05, 0.1) is 6.10 Å². The van der Waals surface area contributed by atoms with E-state index in [1.54, 1.807) is 28.6 Å². The molecule has 0 bridgehead atoms. The van der Waals surface area contributed by atoms with Crippen LogP contribution in [0.1, 0.15) is 34.8 Å². The zero-order chi connectivity index (χ0) is 16.2. The summed E-state index contributed by atoms with van der Waals surface area (Å²) in [6.07, 6.45) is 5.07. The molecule has 3 rings (SSSR count). The number of β-amino-alcohol motifs (C(OH)–C–C–N with tert-alkyl or cyclic N) is 1. The zero-order valence-electron chi connectivity index (χ0n) is 13.3. The topological polar surface area (TPSA) is 53.4 Å². The Kier molecular flexibility index (Phi) is 5.08. The van der Waals surface area contributed by atoms with Gasteiger partial charge in [0.2, 0.25) is 5.91 Å². The first kappa shape index (κ1) is 16.1. The van der Waals surface area contributed by atoms with E-state index >= 15 is 0 Å². The van der Waals surface area contributed by atoms with Crippen LogP contribution < -0.4 is 0 Å². The largest absolute Gasteiger partial charge is 0.391 e. The Bertz CT molecular complexity index is 656. The highest BCUT2D eigenvalue weighted by atomic mass is 32.1. The smallest absolute Gasteiger partial charge is 0.222 e. The number of thiophene rings is 1. The molecule has 3 heterocycles. The number of amides is 1. The number of carbonyl (C=O) groups is 1. The number of aromatic nitrogens is 1. The van der Waals surface area contributed by atoms with Crippen LogP contribution in [0.25, 0.3) is 0 Å². The number of pyridine rings is 1. The van der Waals surface area contributed by atoms with Crippen LogP contribution in [-0.2, 0) is 11.2 Å². The van der Waals surface area contributed by atoms with Gasteiger partial charge in [0, 0.05) is 42.7 Å². The maximum absolute atomic E-state index is 12.4. The minimum atomic E-state index is -0.469. The lowest BCUT2D eigenvalue weighted by Crippen LogP contribution is -2.45. The quantitative estimate of drug-likeness (QED) is 0.938. The fraction of sp³-hybridized carbons (Fsp3) is 0.444. The summed E-state index contributed by atoms with van der Waals surface area (Å²) in [5, 5.41) is 12.5. The van der Waals surface area contributed by atoms with Crippen LogP contribution in [0.2, 0.25) is 0 Å². The van der Waals surface area contributed by atoms with Crippen molar-refractivity contribution in [3.8, 4) is 0 Å². The van der Waals surface area contributed by atoms with Gasteiger partial charge in [0.25, 0.3) is 0 Å². The number of rotatable bonds is 4. The second-order valence-electron chi connectivity index (χ2n) is 6.13. The van der Waals surface area contributed by atoms with Gasteiger partial charge in [0.15, 0.2) is 0 Å². The summed E-state index contributed by atoms with van der Waals surface area (Å²) in [6, 6.07) is 5.97. The van der Waals surface area contributed by atoms with E-state index in [2.05, 4.69) is 23.4 Å². The molecule has 2 atom stereocenters. The summed E-state index contributed by atoms with van der Waals surface area (Å²) in [5.74, 6) is 0.284. The maximum atomic E-state index is 12.4. The molecule has 2 aromatic rings. The highest BCUT2D eigenvalue weighted by Gasteiger charge is 2.32. The van der Waals surface area contributed by atoms with Crippen molar-refractivity contribution in [2.45, 2.75) is 38.2 Å². The van der Waals surface area contributed by atoms with Crippen molar-refractivity contribution < 1.29 is 9.90 Å². The molecule has 23 heavy (non-hydrogen) atoms. The third kappa shape index (κ3) is 3.79. The SMILES string of the molecule is Cc1ccsc1[C@@H]1CCN(C(=O)CCc2cccnc2)C[C@H]1O. The molecule has 0 aromatic carbocycles. The molecule has 4 nitrogen and oxygen atoms in total. The number of aliphatic hydroxyl groups excluding tert-OH is 1. The Hall–Kier alpha value is -1.72. The van der Waals surface area contributed by atoms with Gasteiger partial charge in [-0.25, -0.2) is 0 Å². The Morgan fingerprint density at radius 3 is 3.00 bits per heavy atom. The van der Waals surface area contributed by atoms with E-state index in [1.165, 1.54) is 10.4 Å². The Morgan fingerprint density at radius 2 is 2.35 bits per heavy atom. The molecule has 0 radical (unpaired) electrons. The first-order chi connectivity index (χ1) is 11.1. The Labute approximate surface area is 140 Å². The van der Waals surface area contributed by atoms with Gasteiger partial charge < -0.3 is 10.0 Å². The van der Waals surface area contributed by atoms with E-state index in [-0.39, 0.29) is 11.8 Å². The van der Waals surface area contributed by atoms with Crippen LogP contribution in [0.5, 0.6) is 0 Å². The third-order valence-electron chi connectivity index (χ3n) is 4.52. The van der Waals surface area contributed by atoms with Crippen molar-refractivity contribution >= 4 is 17.2 Å². The molecule has 0 aliphatic carbocycles. The summed E-state index contributed by atoms with van der Waals surface area (Å²) < 4.78 is 0. The standard InChI is InChI=1S/C18H22N2O2S/c1-13-7-10-23-18(13)15-6-9-20(12-16(15)21)17(22)5-4-14-3-2-8-19-11-14/h2-3,7-8,10-11,15-16,21H,4-6,9,12H2,1H3/t15-,16-/m1/s1. The fourth-order valence-electron chi connectivity index (χ4n) is 3.18. The monoisotopic (exact) mass is 330 g/mol. The molecular weight excluding hydrogens is 308 g/mol. The molecule has 1 aliphatic rings. The second-order valence-corrected chi connectivity index (χ2v) is 7.08. The summed E-state index contributed by atoms with van der Waals surface area (Å²) in [6.45, 7) is 3.25. The first-order valence-electron chi connectivity index (χ1n) is 8.04. The highest BCUT2D eigenvalue weighted by molar-refractivity contribution is 7.10. The minimum absolute atomic E-state index is 0.120. The van der Waals surface area contributed by atoms with Crippen LogP contribution in [0.3, 0.4) is 0 Å². The van der Waals surface area contributed by atoms with Crippen LogP contribution in [0.15, 0.2) is 36.0 Å². The molecule has 1 saturated heterocycles. The van der Waals surface area contributed by atoms with E-state index in [4.69, 9.17) is 0 Å². The molecule has 1 amide bonds. The highest BCUT2D eigenvalue weighted by Crippen LogP contribution is 2.34. The van der Waals surface area contributed by atoms with Gasteiger partial charge in [0.1, 0.15) is 0 Å². The number of piperidine rings is 1. The number of carbonyl (C=O) groups excluding carboxylic acids is 1. The van der Waals surface area contributed by atoms with Gasteiger partial charge in [-0.05, 0) is 48.4 Å². The normalized spacial score (nSPS) is 21.4. The second kappa shape index (κ2) is 7.23. The fourth-order valence-corrected chi connectivity index (χ4v) is 4.31. The summed E-state index contributed by atoms with van der Waals surface area (Å²) in [5.41, 5.74) is 2.32. The molecule has 1 aliphatic heterocycles. The van der Waals surface area contributed by atoms with Crippen molar-refractivity contribution in [2.75, 3.05) is 13.1 Å². The van der Waals surface area contributed by atoms with E-state index in [9.17, 15) is 9.90 Å². The summed E-state index contributed by atoms with van der Waals surface area (Å²) >= 11 is 1.71. The molecule has 0 saturated carbocycles. The number of hydrogen-bond acceptors (Lipinski definition) is 4. The third-order valence-corrected chi connectivity index (χ3v) is 5.67. The van der Waals surface area contributed by atoms with Crippen molar-refractivity contribution in [1.29, 1.82) is 0 Å². The zero-order valence-corrected chi connectivity index (χ0v) is 14.1. The van der Waals surface area contributed by atoms with E-state index in [1.807, 2.05) is 12.1 Å². The molecule has 1 fully saturated rings. The van der Waals surface area contributed by atoms with Crippen molar-refractivity contribution in [3.05, 3.63) is 52.0 Å². The molecule has 5 heteroatoms. The minimum Gasteiger partial charge on any atom is -0.391 e. The molecule has 1 N–H and O–H groups in total. The number of aliphatic hydroxyl groups is 1. The number of aryl methyl sites for hydroxylation is 2. The van der Waals surface area contributed by atoms with Gasteiger partial charge in [-0.1, -0.05) is 6.07 Å². The van der Waals surface area contributed by atoms with Crippen molar-refractivity contribution in [1.82, 2.24) is 9.88 Å². The lowest BCUT2D eigenvalue weighted by atomic mass is 9.90. The van der Waals surface area contributed by atoms with Crippen LogP contribution in [-0.4, -0.2) is 40.1 Å². The maximum Gasteiger partial charge on any atom is 0.222 e. The lowest BCUT2D eigenvalue weighted by molar-refractivity contribution is -0.134. The lowest BCUT2D eigenvalue weighted by Gasteiger charge is -2.36. The number of nitrogens with zero attached hydrogens (tertiary/aromatic N) is 2. The van der Waals surface area contributed by atoms with E-state index in [0.29, 0.717) is 19.4 Å². The predicted molar refractivity (Wildman–Crippen MR) is 91.6 cm³/mol. The summed E-state index contributed by atoms with van der Waals surface area (Å²) in [7, 11) is 0. The van der Waals surface area contributed by atoms with Crippen molar-refractivity contribution in [2.24, 2.45) is 0 Å². The van der Waals surface area contributed by atoms with E-state index < -0.39 is 6.10 Å². The van der Waals surface area contributed by atoms with Gasteiger partial charge in [-0.3, -0.25) is 9.78 Å². The van der Waals surface area contributed by atoms with Crippen LogP contribution in [0, 0.1) is 6.92 Å². The van der Waals surface area contributed by atoms with Crippen LogP contribution in [0.4, 0.5) is 0 Å². The average Bonchev–Trinajstić information content (AvgIpc) is 2.99. The van der Waals surface area contributed by atoms with Crippen molar-refractivity contribution in [3.63, 3.8) is 0 Å². The first-order valence-corrected chi connectivity index (χ1v) is 8.92. The predicted octanol–water partition coefficient (Wildman–Crippen LogP) is 2.76. The molecule has 122 valence electrons. The van der Waals surface area contributed by atoms with Crippen LogP contribution >= 0.6 is 11.3 Å². The molecule has 0 spiro atoms.